The highest BCUT2D eigenvalue weighted by molar-refractivity contribution is 6.46. The number of aliphatic hydroxyl groups excluding tert-OH is 1. The quantitative estimate of drug-likeness (QED) is 0.241. The van der Waals surface area contributed by atoms with Gasteiger partial charge < -0.3 is 24.0 Å². The maximum atomic E-state index is 13.2. The van der Waals surface area contributed by atoms with Gasteiger partial charge in [0, 0.05) is 31.0 Å². The molecular formula is C28H31N3O5. The number of aryl methyl sites for hydroxylation is 1. The van der Waals surface area contributed by atoms with E-state index in [4.69, 9.17) is 9.47 Å². The highest BCUT2D eigenvalue weighted by Crippen LogP contribution is 2.40. The number of rotatable bonds is 11. The maximum Gasteiger partial charge on any atom is 0.295 e. The predicted octanol–water partition coefficient (Wildman–Crippen LogP) is 4.58. The Bertz CT molecular complexity index is 1200. The van der Waals surface area contributed by atoms with Crippen LogP contribution in [0.25, 0.3) is 5.76 Å². The summed E-state index contributed by atoms with van der Waals surface area (Å²) < 4.78 is 13.1. The third kappa shape index (κ3) is 5.43. The standard InChI is InChI=1S/C28H31N3O5/c1-3-18-36-23-10-6-20(7-11-23)25-24(26(32)21-8-12-22(13-9-21)35-4-2)27(33)28(34)31(25)16-5-15-30-17-14-29-19-30/h6-14,17,19,25,32H,3-5,15-16,18H2,1-2H3/b26-24+/t25-/m0/s1. The van der Waals surface area contributed by atoms with Gasteiger partial charge in [-0.05, 0) is 61.7 Å². The highest BCUT2D eigenvalue weighted by atomic mass is 16.5. The van der Waals surface area contributed by atoms with Crippen molar-refractivity contribution in [2.45, 2.75) is 39.3 Å². The lowest BCUT2D eigenvalue weighted by Gasteiger charge is -2.25. The summed E-state index contributed by atoms with van der Waals surface area (Å²) >= 11 is 0. The molecule has 1 N–H and O–H groups in total. The molecule has 36 heavy (non-hydrogen) atoms. The number of Topliss-reactive ketones (excluding diaryl/α,β-unsaturated/α-hetero) is 1. The van der Waals surface area contributed by atoms with E-state index in [1.165, 1.54) is 0 Å². The SMILES string of the molecule is CCCOc1ccc([C@H]2/C(=C(\O)c3ccc(OCC)cc3)C(=O)C(=O)N2CCCn2ccnc2)cc1. The van der Waals surface area contributed by atoms with Crippen molar-refractivity contribution in [3.63, 3.8) is 0 Å². The molecule has 8 nitrogen and oxygen atoms in total. The molecule has 0 saturated carbocycles. The Balaban J connectivity index is 1.68. The molecule has 4 rings (SSSR count). The average Bonchev–Trinajstić information content (AvgIpc) is 3.50. The van der Waals surface area contributed by atoms with Crippen LogP contribution in [-0.2, 0) is 16.1 Å². The molecule has 3 aromatic rings. The van der Waals surface area contributed by atoms with Gasteiger partial charge in [-0.15, -0.1) is 0 Å². The summed E-state index contributed by atoms with van der Waals surface area (Å²) in [5, 5.41) is 11.2. The second-order valence-corrected chi connectivity index (χ2v) is 8.52. The number of amides is 1. The lowest BCUT2D eigenvalue weighted by Crippen LogP contribution is -2.31. The summed E-state index contributed by atoms with van der Waals surface area (Å²) in [6.45, 7) is 6.05. The van der Waals surface area contributed by atoms with Gasteiger partial charge in [-0.3, -0.25) is 9.59 Å². The molecule has 0 spiro atoms. The minimum atomic E-state index is -0.709. The lowest BCUT2D eigenvalue weighted by atomic mass is 9.95. The first-order valence-electron chi connectivity index (χ1n) is 12.2. The number of benzene rings is 2. The number of imidazole rings is 1. The van der Waals surface area contributed by atoms with Gasteiger partial charge in [-0.25, -0.2) is 4.98 Å². The number of carbonyl (C=O) groups excluding carboxylic acids is 2. The summed E-state index contributed by atoms with van der Waals surface area (Å²) in [6, 6.07) is 13.5. The molecule has 0 bridgehead atoms. The smallest absolute Gasteiger partial charge is 0.295 e. The van der Waals surface area contributed by atoms with Crippen molar-refractivity contribution >= 4 is 17.4 Å². The van der Waals surface area contributed by atoms with Crippen LogP contribution < -0.4 is 9.47 Å². The number of nitrogens with zero attached hydrogens (tertiary/aromatic N) is 3. The largest absolute Gasteiger partial charge is 0.507 e. The second kappa shape index (κ2) is 11.6. The van der Waals surface area contributed by atoms with Crippen LogP contribution in [0.3, 0.4) is 0 Å². The lowest BCUT2D eigenvalue weighted by molar-refractivity contribution is -0.139. The molecule has 188 valence electrons. The molecule has 1 aliphatic heterocycles. The Morgan fingerprint density at radius 3 is 2.31 bits per heavy atom. The zero-order chi connectivity index (χ0) is 25.5. The molecule has 0 unspecified atom stereocenters. The number of ether oxygens (including phenoxy) is 2. The maximum absolute atomic E-state index is 13.2. The van der Waals surface area contributed by atoms with E-state index in [-0.39, 0.29) is 11.3 Å². The van der Waals surface area contributed by atoms with Crippen LogP contribution in [-0.4, -0.2) is 51.0 Å². The molecular weight excluding hydrogens is 458 g/mol. The van der Waals surface area contributed by atoms with Crippen molar-refractivity contribution in [3.8, 4) is 11.5 Å². The number of ketones is 1. The van der Waals surface area contributed by atoms with E-state index < -0.39 is 17.7 Å². The van der Waals surface area contributed by atoms with Crippen LogP contribution >= 0.6 is 0 Å². The Morgan fingerprint density at radius 2 is 1.67 bits per heavy atom. The minimum Gasteiger partial charge on any atom is -0.507 e. The van der Waals surface area contributed by atoms with Crippen molar-refractivity contribution in [2.75, 3.05) is 19.8 Å². The van der Waals surface area contributed by atoms with Crippen LogP contribution in [0.2, 0.25) is 0 Å². The van der Waals surface area contributed by atoms with Crippen molar-refractivity contribution in [2.24, 2.45) is 0 Å². The van der Waals surface area contributed by atoms with E-state index in [0.29, 0.717) is 49.8 Å². The third-order valence-electron chi connectivity index (χ3n) is 6.02. The summed E-state index contributed by atoms with van der Waals surface area (Å²) in [6.07, 6.45) is 6.78. The fourth-order valence-electron chi connectivity index (χ4n) is 4.30. The van der Waals surface area contributed by atoms with Gasteiger partial charge in [0.2, 0.25) is 0 Å². The molecule has 2 heterocycles. The molecule has 1 atom stereocenters. The zero-order valence-corrected chi connectivity index (χ0v) is 20.6. The zero-order valence-electron chi connectivity index (χ0n) is 20.6. The predicted molar refractivity (Wildman–Crippen MR) is 136 cm³/mol. The van der Waals surface area contributed by atoms with Gasteiger partial charge in [0.25, 0.3) is 11.7 Å². The fraction of sp³-hybridized carbons (Fsp3) is 0.321. The van der Waals surface area contributed by atoms with Crippen molar-refractivity contribution < 1.29 is 24.2 Å². The van der Waals surface area contributed by atoms with Crippen molar-refractivity contribution in [3.05, 3.63) is 84.0 Å². The molecule has 1 fully saturated rings. The fourth-order valence-corrected chi connectivity index (χ4v) is 4.30. The Labute approximate surface area is 210 Å². The Morgan fingerprint density at radius 1 is 0.972 bits per heavy atom. The number of hydrogen-bond acceptors (Lipinski definition) is 6. The number of hydrogen-bond donors (Lipinski definition) is 1. The number of carbonyl (C=O) groups is 2. The normalized spacial score (nSPS) is 16.9. The first kappa shape index (κ1) is 25.0. The monoisotopic (exact) mass is 489 g/mol. The van der Waals surface area contributed by atoms with Crippen molar-refractivity contribution in [1.29, 1.82) is 0 Å². The van der Waals surface area contributed by atoms with Gasteiger partial charge in [-0.1, -0.05) is 19.1 Å². The topological polar surface area (TPSA) is 93.9 Å². The molecule has 1 amide bonds. The van der Waals surface area contributed by atoms with Crippen LogP contribution in [0.4, 0.5) is 0 Å². The van der Waals surface area contributed by atoms with Crippen LogP contribution in [0.15, 0.2) is 72.8 Å². The molecule has 2 aromatic carbocycles. The summed E-state index contributed by atoms with van der Waals surface area (Å²) in [5.74, 6) is -0.146. The van der Waals surface area contributed by atoms with Crippen LogP contribution in [0, 0.1) is 0 Å². The Kier molecular flexibility index (Phi) is 8.05. The third-order valence-corrected chi connectivity index (χ3v) is 6.02. The summed E-state index contributed by atoms with van der Waals surface area (Å²) in [7, 11) is 0. The van der Waals surface area contributed by atoms with Gasteiger partial charge in [-0.2, -0.15) is 0 Å². The van der Waals surface area contributed by atoms with Gasteiger partial charge in [0.15, 0.2) is 0 Å². The second-order valence-electron chi connectivity index (χ2n) is 8.52. The van der Waals surface area contributed by atoms with Gasteiger partial charge in [0.05, 0.1) is 31.2 Å². The molecule has 8 heteroatoms. The summed E-state index contributed by atoms with van der Waals surface area (Å²) in [4.78, 5) is 31.9. The van der Waals surface area contributed by atoms with Crippen LogP contribution in [0.1, 0.15) is 43.9 Å². The molecule has 0 aliphatic carbocycles. The summed E-state index contributed by atoms with van der Waals surface area (Å²) in [5.41, 5.74) is 1.25. The van der Waals surface area contributed by atoms with Gasteiger partial charge >= 0.3 is 0 Å². The molecule has 0 radical (unpaired) electrons. The van der Waals surface area contributed by atoms with E-state index in [1.54, 1.807) is 41.7 Å². The first-order chi connectivity index (χ1) is 17.5. The molecule has 1 aromatic heterocycles. The van der Waals surface area contributed by atoms with E-state index in [0.717, 1.165) is 12.0 Å². The van der Waals surface area contributed by atoms with E-state index in [9.17, 15) is 14.7 Å². The minimum absolute atomic E-state index is 0.0778. The average molecular weight is 490 g/mol. The molecule has 1 aliphatic rings. The number of likely N-dealkylation sites (tertiary alicyclic amines) is 1. The van der Waals surface area contributed by atoms with Crippen molar-refractivity contribution in [1.82, 2.24) is 14.5 Å². The van der Waals surface area contributed by atoms with E-state index in [2.05, 4.69) is 4.98 Å². The van der Waals surface area contributed by atoms with E-state index in [1.807, 2.05) is 48.9 Å². The molecule has 1 saturated heterocycles. The van der Waals surface area contributed by atoms with Gasteiger partial charge in [0.1, 0.15) is 17.3 Å². The Hall–Kier alpha value is -4.07. The number of aliphatic hydroxyl groups is 1. The van der Waals surface area contributed by atoms with E-state index >= 15 is 0 Å². The highest BCUT2D eigenvalue weighted by Gasteiger charge is 2.45. The number of aromatic nitrogens is 2. The van der Waals surface area contributed by atoms with Crippen LogP contribution in [0.5, 0.6) is 11.5 Å². The first-order valence-corrected chi connectivity index (χ1v) is 12.2.